The van der Waals surface area contributed by atoms with E-state index in [0.29, 0.717) is 36.2 Å². The number of halogens is 2. The Morgan fingerprint density at radius 1 is 1.19 bits per heavy atom. The summed E-state index contributed by atoms with van der Waals surface area (Å²) in [6.45, 7) is 1.74. The van der Waals surface area contributed by atoms with Crippen LogP contribution >= 0.6 is 34.5 Å². The van der Waals surface area contributed by atoms with Gasteiger partial charge < -0.3 is 4.74 Å². The molecule has 4 rings (SSSR count). The molecule has 1 atom stereocenters. The van der Waals surface area contributed by atoms with Gasteiger partial charge in [0, 0.05) is 10.0 Å². The van der Waals surface area contributed by atoms with Crippen LogP contribution in [-0.4, -0.2) is 17.6 Å². The second-order valence-corrected chi connectivity index (χ2v) is 8.90. The summed E-state index contributed by atoms with van der Waals surface area (Å²) in [6, 6.07) is 14.1. The van der Waals surface area contributed by atoms with Crippen molar-refractivity contribution >= 4 is 52.7 Å². The highest BCUT2D eigenvalue weighted by Crippen LogP contribution is 2.26. The van der Waals surface area contributed by atoms with Gasteiger partial charge in [0.2, 0.25) is 0 Å². The fourth-order valence-corrected chi connectivity index (χ4v) is 4.95. The van der Waals surface area contributed by atoms with Gasteiger partial charge in [0.05, 0.1) is 29.0 Å². The van der Waals surface area contributed by atoms with Crippen LogP contribution < -0.4 is 14.9 Å². The quantitative estimate of drug-likeness (QED) is 0.516. The Bertz CT molecular complexity index is 1440. The Balaban J connectivity index is 1.90. The monoisotopic (exact) mass is 484 g/mol. The average molecular weight is 485 g/mol. The number of methoxy groups -OCH3 is 1. The molecule has 0 saturated carbocycles. The van der Waals surface area contributed by atoms with Crippen LogP contribution in [-0.2, 0) is 9.53 Å². The van der Waals surface area contributed by atoms with Crippen LogP contribution in [0.3, 0.4) is 0 Å². The lowest BCUT2D eigenvalue weighted by molar-refractivity contribution is -0.136. The fraction of sp³-hybridized carbons (Fsp3) is 0.125. The van der Waals surface area contributed by atoms with E-state index < -0.39 is 12.0 Å². The molecule has 0 radical (unpaired) electrons. The Kier molecular flexibility index (Phi) is 6.46. The maximum absolute atomic E-state index is 13.4. The predicted molar refractivity (Wildman–Crippen MR) is 129 cm³/mol. The second-order valence-electron chi connectivity index (χ2n) is 7.05. The topological polar surface area (TPSA) is 60.7 Å². The van der Waals surface area contributed by atoms with Crippen molar-refractivity contribution in [3.63, 3.8) is 0 Å². The van der Waals surface area contributed by atoms with Crippen molar-refractivity contribution in [3.8, 4) is 0 Å². The number of thiazole rings is 1. The fourth-order valence-electron chi connectivity index (χ4n) is 3.44. The molecule has 32 heavy (non-hydrogen) atoms. The van der Waals surface area contributed by atoms with Crippen LogP contribution in [0.15, 0.2) is 75.7 Å². The lowest BCUT2D eigenvalue weighted by atomic mass is 10.0. The van der Waals surface area contributed by atoms with Gasteiger partial charge in [-0.15, -0.1) is 0 Å². The molecule has 0 saturated heterocycles. The summed E-state index contributed by atoms with van der Waals surface area (Å²) in [4.78, 5) is 31.0. The highest BCUT2D eigenvalue weighted by Gasteiger charge is 2.30. The summed E-state index contributed by atoms with van der Waals surface area (Å²) in [5.41, 5.74) is 2.18. The van der Waals surface area contributed by atoms with Crippen LogP contribution in [0.5, 0.6) is 0 Å². The van der Waals surface area contributed by atoms with Gasteiger partial charge in [-0.3, -0.25) is 9.36 Å². The SMILES string of the molecule is COC(=O)C1=C(C)N=c2s/c(=C/c3ccc(Cl)cc3Cl)c(=O)n2C1/C=C/c1ccccc1. The van der Waals surface area contributed by atoms with Gasteiger partial charge >= 0.3 is 5.97 Å². The number of allylic oxidation sites excluding steroid dienone is 2. The second kappa shape index (κ2) is 9.28. The molecule has 0 amide bonds. The molecule has 1 aliphatic heterocycles. The normalized spacial score (nSPS) is 16.2. The summed E-state index contributed by atoms with van der Waals surface area (Å²) in [5, 5.41) is 0.952. The molecule has 1 unspecified atom stereocenters. The number of carbonyl (C=O) groups is 1. The molecule has 0 spiro atoms. The first-order valence-electron chi connectivity index (χ1n) is 9.68. The zero-order valence-corrected chi connectivity index (χ0v) is 19.5. The van der Waals surface area contributed by atoms with Gasteiger partial charge in [0.1, 0.15) is 0 Å². The van der Waals surface area contributed by atoms with Gasteiger partial charge in [-0.25, -0.2) is 9.79 Å². The minimum Gasteiger partial charge on any atom is -0.466 e. The molecule has 8 heteroatoms. The zero-order chi connectivity index (χ0) is 22.8. The van der Waals surface area contributed by atoms with E-state index in [2.05, 4.69) is 4.99 Å². The molecule has 0 aliphatic carbocycles. The Labute approximate surface area is 198 Å². The third kappa shape index (κ3) is 4.35. The maximum atomic E-state index is 13.4. The Hall–Kier alpha value is -2.93. The van der Waals surface area contributed by atoms with E-state index in [4.69, 9.17) is 27.9 Å². The molecule has 0 N–H and O–H groups in total. The number of ether oxygens (including phenoxy) is 1. The molecule has 2 heterocycles. The van der Waals surface area contributed by atoms with E-state index in [0.717, 1.165) is 5.56 Å². The number of benzene rings is 2. The molecule has 0 bridgehead atoms. The lowest BCUT2D eigenvalue weighted by Crippen LogP contribution is -2.38. The van der Waals surface area contributed by atoms with Gasteiger partial charge in [0.25, 0.3) is 5.56 Å². The van der Waals surface area contributed by atoms with E-state index >= 15 is 0 Å². The molecule has 5 nitrogen and oxygen atoms in total. The summed E-state index contributed by atoms with van der Waals surface area (Å²) in [7, 11) is 1.31. The number of fused-ring (bicyclic) bond motifs is 1. The van der Waals surface area contributed by atoms with E-state index in [1.54, 1.807) is 31.2 Å². The Morgan fingerprint density at radius 3 is 2.62 bits per heavy atom. The highest BCUT2D eigenvalue weighted by molar-refractivity contribution is 7.07. The van der Waals surface area contributed by atoms with Crippen LogP contribution in [0.1, 0.15) is 24.1 Å². The maximum Gasteiger partial charge on any atom is 0.338 e. The summed E-state index contributed by atoms with van der Waals surface area (Å²) >= 11 is 13.5. The van der Waals surface area contributed by atoms with Crippen molar-refractivity contribution in [2.24, 2.45) is 4.99 Å². The molecule has 2 aromatic carbocycles. The summed E-state index contributed by atoms with van der Waals surface area (Å²) < 4.78 is 6.95. The average Bonchev–Trinajstić information content (AvgIpc) is 3.08. The van der Waals surface area contributed by atoms with Gasteiger partial charge in [-0.1, -0.05) is 83.1 Å². The van der Waals surface area contributed by atoms with Crippen LogP contribution in [0, 0.1) is 0 Å². The van der Waals surface area contributed by atoms with Crippen molar-refractivity contribution < 1.29 is 9.53 Å². The first-order chi connectivity index (χ1) is 15.4. The van der Waals surface area contributed by atoms with E-state index in [9.17, 15) is 9.59 Å². The number of hydrogen-bond acceptors (Lipinski definition) is 5. The number of rotatable bonds is 4. The first kappa shape index (κ1) is 22.3. The van der Waals surface area contributed by atoms with E-state index in [1.165, 1.54) is 23.0 Å². The van der Waals surface area contributed by atoms with Crippen molar-refractivity contribution in [2.75, 3.05) is 7.11 Å². The van der Waals surface area contributed by atoms with Gasteiger partial charge in [0.15, 0.2) is 4.80 Å². The molecule has 0 fully saturated rings. The third-order valence-electron chi connectivity index (χ3n) is 4.99. The number of hydrogen-bond donors (Lipinski definition) is 0. The smallest absolute Gasteiger partial charge is 0.338 e. The number of aromatic nitrogens is 1. The molecule has 162 valence electrons. The lowest BCUT2D eigenvalue weighted by Gasteiger charge is -2.21. The van der Waals surface area contributed by atoms with Gasteiger partial charge in [-0.05, 0) is 36.3 Å². The summed E-state index contributed by atoms with van der Waals surface area (Å²) in [6.07, 6.45) is 5.40. The predicted octanol–water partition coefficient (Wildman–Crippen LogP) is 4.38. The zero-order valence-electron chi connectivity index (χ0n) is 17.2. The third-order valence-corrected chi connectivity index (χ3v) is 6.53. The largest absolute Gasteiger partial charge is 0.466 e. The minimum atomic E-state index is -0.651. The van der Waals surface area contributed by atoms with Gasteiger partial charge in [-0.2, -0.15) is 0 Å². The number of carbonyl (C=O) groups excluding carboxylic acids is 1. The molecule has 1 aliphatic rings. The highest BCUT2D eigenvalue weighted by atomic mass is 35.5. The Morgan fingerprint density at radius 2 is 1.94 bits per heavy atom. The first-order valence-corrected chi connectivity index (χ1v) is 11.3. The summed E-state index contributed by atoms with van der Waals surface area (Å²) in [5.74, 6) is -0.524. The minimum absolute atomic E-state index is 0.267. The molecular formula is C24H18Cl2N2O3S. The van der Waals surface area contributed by atoms with Crippen molar-refractivity contribution in [1.82, 2.24) is 4.57 Å². The van der Waals surface area contributed by atoms with Crippen molar-refractivity contribution in [2.45, 2.75) is 13.0 Å². The number of esters is 1. The van der Waals surface area contributed by atoms with Crippen molar-refractivity contribution in [3.05, 3.63) is 107 Å². The molecular weight excluding hydrogens is 467 g/mol. The van der Waals surface area contributed by atoms with Crippen molar-refractivity contribution in [1.29, 1.82) is 0 Å². The number of nitrogens with zero attached hydrogens (tertiary/aromatic N) is 2. The van der Waals surface area contributed by atoms with E-state index in [-0.39, 0.29) is 5.56 Å². The standard InChI is InChI=1S/C24H18Cl2N2O3S/c1-14-21(23(30)31-2)19(11-8-15-6-4-3-5-7-15)28-22(29)20(32-24(28)27-14)12-16-9-10-17(25)13-18(16)26/h3-13,19H,1-2H3/b11-8+,20-12+. The van der Waals surface area contributed by atoms with E-state index in [1.807, 2.05) is 42.5 Å². The molecule has 3 aromatic rings. The van der Waals surface area contributed by atoms with Crippen LogP contribution in [0.2, 0.25) is 10.0 Å². The van der Waals surface area contributed by atoms with Crippen LogP contribution in [0.25, 0.3) is 12.2 Å². The van der Waals surface area contributed by atoms with Crippen LogP contribution in [0.4, 0.5) is 0 Å². The molecule has 1 aromatic heterocycles.